The third kappa shape index (κ3) is 2.28. The average Bonchev–Trinajstić information content (AvgIpc) is 2.90. The molecule has 0 saturated heterocycles. The molecule has 1 fully saturated rings. The summed E-state index contributed by atoms with van der Waals surface area (Å²) in [7, 11) is 0. The molecule has 2 heterocycles. The Morgan fingerprint density at radius 1 is 1.56 bits per heavy atom. The van der Waals surface area contributed by atoms with E-state index in [1.54, 1.807) is 11.3 Å². The number of hydrogen-bond donors (Lipinski definition) is 1. The van der Waals surface area contributed by atoms with Crippen LogP contribution in [0.25, 0.3) is 11.4 Å². The number of rotatable bonds is 5. The zero-order chi connectivity index (χ0) is 12.5. The van der Waals surface area contributed by atoms with Crippen molar-refractivity contribution in [2.75, 3.05) is 5.75 Å². The average molecular weight is 281 g/mol. The molecule has 0 amide bonds. The van der Waals surface area contributed by atoms with Gasteiger partial charge in [0, 0.05) is 17.0 Å². The second kappa shape index (κ2) is 4.74. The van der Waals surface area contributed by atoms with Crippen molar-refractivity contribution < 1.29 is 9.90 Å². The summed E-state index contributed by atoms with van der Waals surface area (Å²) in [6, 6.07) is 2.45. The van der Waals surface area contributed by atoms with Crippen LogP contribution in [0.3, 0.4) is 0 Å². The second-order valence-corrected chi connectivity index (χ2v) is 5.82. The third-order valence-electron chi connectivity index (χ3n) is 2.68. The van der Waals surface area contributed by atoms with Crippen LogP contribution in [0.2, 0.25) is 0 Å². The summed E-state index contributed by atoms with van der Waals surface area (Å²) in [5, 5.41) is 21.8. The van der Waals surface area contributed by atoms with Gasteiger partial charge >= 0.3 is 5.97 Å². The zero-order valence-corrected chi connectivity index (χ0v) is 11.1. The molecule has 94 valence electrons. The SMILES string of the molecule is O=C(O)CSc1nnc(-c2ccsc2)n1C1CC1. The first-order valence-corrected chi connectivity index (χ1v) is 7.50. The quantitative estimate of drug-likeness (QED) is 0.853. The fraction of sp³-hybridized carbons (Fsp3) is 0.364. The minimum atomic E-state index is -0.831. The summed E-state index contributed by atoms with van der Waals surface area (Å²) in [6.45, 7) is 0. The van der Waals surface area contributed by atoms with E-state index in [4.69, 9.17) is 5.11 Å². The molecule has 1 saturated carbocycles. The number of thioether (sulfide) groups is 1. The molecule has 5 nitrogen and oxygen atoms in total. The molecular formula is C11H11N3O2S2. The Hall–Kier alpha value is -1.34. The number of carbonyl (C=O) groups is 1. The molecule has 18 heavy (non-hydrogen) atoms. The van der Waals surface area contributed by atoms with Crippen molar-refractivity contribution in [3.63, 3.8) is 0 Å². The first kappa shape index (κ1) is 11.7. The molecule has 2 aromatic heterocycles. The van der Waals surface area contributed by atoms with Crippen LogP contribution in [0, 0.1) is 0 Å². The number of aliphatic carboxylic acids is 1. The molecule has 1 aliphatic rings. The number of hydrogen-bond acceptors (Lipinski definition) is 5. The number of carboxylic acids is 1. The van der Waals surface area contributed by atoms with E-state index in [9.17, 15) is 4.79 Å². The minimum Gasteiger partial charge on any atom is -0.481 e. The topological polar surface area (TPSA) is 68.0 Å². The lowest BCUT2D eigenvalue weighted by atomic mass is 10.3. The monoisotopic (exact) mass is 281 g/mol. The molecule has 0 radical (unpaired) electrons. The predicted molar refractivity (Wildman–Crippen MR) is 70.0 cm³/mol. The number of carboxylic acid groups (broad SMARTS) is 1. The molecule has 3 rings (SSSR count). The third-order valence-corrected chi connectivity index (χ3v) is 4.29. The van der Waals surface area contributed by atoms with Gasteiger partial charge in [-0.15, -0.1) is 10.2 Å². The highest BCUT2D eigenvalue weighted by molar-refractivity contribution is 7.99. The van der Waals surface area contributed by atoms with Gasteiger partial charge in [0.1, 0.15) is 0 Å². The molecule has 1 N–H and O–H groups in total. The van der Waals surface area contributed by atoms with Crippen molar-refractivity contribution >= 4 is 29.1 Å². The fourth-order valence-electron chi connectivity index (χ4n) is 1.75. The second-order valence-electron chi connectivity index (χ2n) is 4.10. The molecule has 0 atom stereocenters. The van der Waals surface area contributed by atoms with E-state index < -0.39 is 5.97 Å². The van der Waals surface area contributed by atoms with Gasteiger partial charge in [0.2, 0.25) is 0 Å². The van der Waals surface area contributed by atoms with Crippen molar-refractivity contribution in [3.05, 3.63) is 16.8 Å². The molecule has 2 aromatic rings. The van der Waals surface area contributed by atoms with Crippen LogP contribution in [-0.2, 0) is 4.79 Å². The summed E-state index contributed by atoms with van der Waals surface area (Å²) < 4.78 is 2.08. The van der Waals surface area contributed by atoms with Crippen molar-refractivity contribution in [1.29, 1.82) is 0 Å². The van der Waals surface area contributed by atoms with Crippen LogP contribution in [0.15, 0.2) is 22.0 Å². The lowest BCUT2D eigenvalue weighted by Crippen LogP contribution is -2.03. The highest BCUT2D eigenvalue weighted by atomic mass is 32.2. The summed E-state index contributed by atoms with van der Waals surface area (Å²) >= 11 is 2.86. The molecule has 0 aliphatic heterocycles. The molecule has 7 heteroatoms. The van der Waals surface area contributed by atoms with Crippen molar-refractivity contribution in [1.82, 2.24) is 14.8 Å². The van der Waals surface area contributed by atoms with Crippen LogP contribution in [0.5, 0.6) is 0 Å². The maximum Gasteiger partial charge on any atom is 0.313 e. The standard InChI is InChI=1S/C11H11N3O2S2/c15-9(16)6-18-11-13-12-10(7-3-4-17-5-7)14(11)8-1-2-8/h3-5,8H,1-2,6H2,(H,15,16). The summed E-state index contributed by atoms with van der Waals surface area (Å²) in [4.78, 5) is 10.6. The van der Waals surface area contributed by atoms with Gasteiger partial charge in [0.15, 0.2) is 11.0 Å². The Labute approximate surface area is 112 Å². The van der Waals surface area contributed by atoms with Crippen LogP contribution < -0.4 is 0 Å². The Morgan fingerprint density at radius 2 is 2.39 bits per heavy atom. The highest BCUT2D eigenvalue weighted by Gasteiger charge is 2.30. The summed E-state index contributed by atoms with van der Waals surface area (Å²) in [6.07, 6.45) is 2.24. The van der Waals surface area contributed by atoms with E-state index in [-0.39, 0.29) is 5.75 Å². The number of nitrogens with zero attached hydrogens (tertiary/aromatic N) is 3. The van der Waals surface area contributed by atoms with Gasteiger partial charge in [-0.3, -0.25) is 9.36 Å². The first-order valence-electron chi connectivity index (χ1n) is 5.58. The Morgan fingerprint density at radius 3 is 3.00 bits per heavy atom. The van der Waals surface area contributed by atoms with Gasteiger partial charge < -0.3 is 5.11 Å². The summed E-state index contributed by atoms with van der Waals surface area (Å²) in [5.41, 5.74) is 1.06. The predicted octanol–water partition coefficient (Wildman–Crippen LogP) is 2.52. The van der Waals surface area contributed by atoms with Crippen molar-refractivity contribution in [3.8, 4) is 11.4 Å². The van der Waals surface area contributed by atoms with E-state index in [0.717, 1.165) is 24.2 Å². The summed E-state index contributed by atoms with van der Waals surface area (Å²) in [5.74, 6) is 0.0446. The normalized spacial score (nSPS) is 14.9. The molecule has 1 aliphatic carbocycles. The Kier molecular flexibility index (Phi) is 3.09. The Bertz CT molecular complexity index is 561. The van der Waals surface area contributed by atoms with Gasteiger partial charge in [-0.1, -0.05) is 11.8 Å². The molecule has 0 aromatic carbocycles. The molecular weight excluding hydrogens is 270 g/mol. The zero-order valence-electron chi connectivity index (χ0n) is 9.44. The largest absolute Gasteiger partial charge is 0.481 e. The molecule has 0 spiro atoms. The first-order chi connectivity index (χ1) is 8.75. The lowest BCUT2D eigenvalue weighted by Gasteiger charge is -2.06. The van der Waals surface area contributed by atoms with Crippen molar-refractivity contribution in [2.24, 2.45) is 0 Å². The van der Waals surface area contributed by atoms with Gasteiger partial charge in [-0.2, -0.15) is 11.3 Å². The van der Waals surface area contributed by atoms with E-state index in [1.165, 1.54) is 11.8 Å². The maximum atomic E-state index is 10.6. The number of aromatic nitrogens is 3. The van der Waals surface area contributed by atoms with E-state index in [2.05, 4.69) is 14.8 Å². The molecule has 0 unspecified atom stereocenters. The van der Waals surface area contributed by atoms with Crippen LogP contribution in [0.1, 0.15) is 18.9 Å². The van der Waals surface area contributed by atoms with E-state index in [1.807, 2.05) is 16.8 Å². The Balaban J connectivity index is 1.93. The maximum absolute atomic E-state index is 10.6. The van der Waals surface area contributed by atoms with E-state index in [0.29, 0.717) is 11.2 Å². The number of thiophene rings is 1. The fourth-order valence-corrected chi connectivity index (χ4v) is 3.11. The van der Waals surface area contributed by atoms with Gasteiger partial charge in [0.25, 0.3) is 0 Å². The van der Waals surface area contributed by atoms with E-state index >= 15 is 0 Å². The van der Waals surface area contributed by atoms with Crippen LogP contribution >= 0.6 is 23.1 Å². The van der Waals surface area contributed by atoms with Gasteiger partial charge in [-0.05, 0) is 24.3 Å². The molecule has 0 bridgehead atoms. The smallest absolute Gasteiger partial charge is 0.313 e. The van der Waals surface area contributed by atoms with Crippen LogP contribution in [-0.4, -0.2) is 31.6 Å². The minimum absolute atomic E-state index is 0.0223. The van der Waals surface area contributed by atoms with Gasteiger partial charge in [-0.25, -0.2) is 0 Å². The van der Waals surface area contributed by atoms with Gasteiger partial charge in [0.05, 0.1) is 5.75 Å². The lowest BCUT2D eigenvalue weighted by molar-refractivity contribution is -0.133. The van der Waals surface area contributed by atoms with Crippen LogP contribution in [0.4, 0.5) is 0 Å². The highest BCUT2D eigenvalue weighted by Crippen LogP contribution is 2.41. The van der Waals surface area contributed by atoms with Crippen molar-refractivity contribution in [2.45, 2.75) is 24.0 Å².